The number of primary amides is 1. The van der Waals surface area contributed by atoms with E-state index in [4.69, 9.17) is 5.73 Å². The molecule has 2 aromatic rings. The molecule has 0 aliphatic rings. The molecular weight excluding hydrogens is 284 g/mol. The van der Waals surface area contributed by atoms with Crippen LogP contribution >= 0.6 is 11.8 Å². The van der Waals surface area contributed by atoms with E-state index < -0.39 is 0 Å². The van der Waals surface area contributed by atoms with Crippen molar-refractivity contribution in [2.24, 2.45) is 5.73 Å². The molecule has 110 valence electrons. The zero-order valence-corrected chi connectivity index (χ0v) is 12.4. The van der Waals surface area contributed by atoms with Crippen LogP contribution in [0.1, 0.15) is 17.2 Å². The number of thioether (sulfide) groups is 1. The summed E-state index contributed by atoms with van der Waals surface area (Å²) in [6.45, 7) is 0.761. The number of benzene rings is 1. The number of rotatable bonds is 8. The fraction of sp³-hybridized carbons (Fsp3) is 0.267. The molecule has 2 rings (SSSR count). The molecule has 0 saturated heterocycles. The Balaban J connectivity index is 1.74. The van der Waals surface area contributed by atoms with E-state index in [0.717, 1.165) is 24.3 Å². The number of hydrogen-bond acceptors (Lipinski definition) is 5. The number of amides is 1. The summed E-state index contributed by atoms with van der Waals surface area (Å²) >= 11 is 1.56. The average Bonchev–Trinajstić information content (AvgIpc) is 2.52. The second-order valence-electron chi connectivity index (χ2n) is 4.42. The molecule has 0 spiro atoms. The minimum absolute atomic E-state index is 0.292. The molecule has 1 amide bonds. The lowest BCUT2D eigenvalue weighted by molar-refractivity contribution is -0.117. The summed E-state index contributed by atoms with van der Waals surface area (Å²) < 4.78 is 0. The molecule has 0 unspecified atom stereocenters. The molecule has 1 aromatic heterocycles. The zero-order valence-electron chi connectivity index (χ0n) is 11.6. The van der Waals surface area contributed by atoms with E-state index in [1.165, 1.54) is 0 Å². The Morgan fingerprint density at radius 1 is 1.19 bits per heavy atom. The SMILES string of the molecule is NC(=O)[C@H](SCCCNc1ncccn1)c1ccccc1. The van der Waals surface area contributed by atoms with Gasteiger partial charge in [-0.3, -0.25) is 4.79 Å². The Morgan fingerprint density at radius 3 is 2.57 bits per heavy atom. The third-order valence-corrected chi connectivity index (χ3v) is 4.18. The second kappa shape index (κ2) is 8.26. The van der Waals surface area contributed by atoms with E-state index in [0.29, 0.717) is 5.95 Å². The van der Waals surface area contributed by atoms with Crippen LogP contribution in [0.25, 0.3) is 0 Å². The van der Waals surface area contributed by atoms with Crippen LogP contribution in [0.2, 0.25) is 0 Å². The molecule has 3 N–H and O–H groups in total. The number of carbonyl (C=O) groups is 1. The normalized spacial score (nSPS) is 11.8. The second-order valence-corrected chi connectivity index (χ2v) is 5.63. The third-order valence-electron chi connectivity index (χ3n) is 2.82. The van der Waals surface area contributed by atoms with Crippen LogP contribution in [-0.2, 0) is 4.79 Å². The highest BCUT2D eigenvalue weighted by atomic mass is 32.2. The van der Waals surface area contributed by atoms with Crippen molar-refractivity contribution in [3.05, 3.63) is 54.4 Å². The van der Waals surface area contributed by atoms with E-state index in [2.05, 4.69) is 15.3 Å². The van der Waals surface area contributed by atoms with Crippen molar-refractivity contribution in [2.75, 3.05) is 17.6 Å². The van der Waals surface area contributed by atoms with E-state index in [-0.39, 0.29) is 11.2 Å². The highest BCUT2D eigenvalue weighted by molar-refractivity contribution is 8.00. The van der Waals surface area contributed by atoms with E-state index >= 15 is 0 Å². The first-order chi connectivity index (χ1) is 10.3. The minimum atomic E-state index is -0.300. The van der Waals surface area contributed by atoms with Crippen molar-refractivity contribution in [2.45, 2.75) is 11.7 Å². The predicted molar refractivity (Wildman–Crippen MR) is 86.0 cm³/mol. The molecule has 0 radical (unpaired) electrons. The molecule has 6 heteroatoms. The summed E-state index contributed by atoms with van der Waals surface area (Å²) in [6.07, 6.45) is 4.30. The summed E-state index contributed by atoms with van der Waals surface area (Å²) in [5.74, 6) is 1.16. The molecule has 1 aromatic carbocycles. The van der Waals surface area contributed by atoms with Gasteiger partial charge in [-0.05, 0) is 23.8 Å². The molecule has 0 aliphatic carbocycles. The summed E-state index contributed by atoms with van der Waals surface area (Å²) in [4.78, 5) is 19.7. The number of nitrogens with one attached hydrogen (secondary N) is 1. The van der Waals surface area contributed by atoms with Gasteiger partial charge in [0.05, 0.1) is 0 Å². The van der Waals surface area contributed by atoms with E-state index in [1.807, 2.05) is 30.3 Å². The predicted octanol–water partition coefficient (Wildman–Crippen LogP) is 2.24. The van der Waals surface area contributed by atoms with Gasteiger partial charge in [0, 0.05) is 18.9 Å². The molecule has 21 heavy (non-hydrogen) atoms. The Kier molecular flexibility index (Phi) is 6.02. The lowest BCUT2D eigenvalue weighted by Gasteiger charge is -2.13. The Bertz CT molecular complexity index is 550. The maximum atomic E-state index is 11.6. The zero-order chi connectivity index (χ0) is 14.9. The Morgan fingerprint density at radius 2 is 1.90 bits per heavy atom. The molecule has 1 heterocycles. The first kappa shape index (κ1) is 15.3. The highest BCUT2D eigenvalue weighted by Gasteiger charge is 2.17. The molecular formula is C15H18N4OS. The van der Waals surface area contributed by atoms with Gasteiger partial charge in [0.2, 0.25) is 11.9 Å². The fourth-order valence-electron chi connectivity index (χ4n) is 1.83. The van der Waals surface area contributed by atoms with Crippen LogP contribution in [0.3, 0.4) is 0 Å². The molecule has 1 atom stereocenters. The Labute approximate surface area is 128 Å². The van der Waals surface area contributed by atoms with Crippen molar-refractivity contribution < 1.29 is 4.79 Å². The number of anilines is 1. The van der Waals surface area contributed by atoms with E-state index in [9.17, 15) is 4.79 Å². The quantitative estimate of drug-likeness (QED) is 0.731. The van der Waals surface area contributed by atoms with Gasteiger partial charge >= 0.3 is 0 Å². The maximum Gasteiger partial charge on any atom is 0.235 e. The third kappa shape index (κ3) is 5.07. The minimum Gasteiger partial charge on any atom is -0.368 e. The lowest BCUT2D eigenvalue weighted by atomic mass is 10.1. The first-order valence-corrected chi connectivity index (χ1v) is 7.79. The van der Waals surface area contributed by atoms with Gasteiger partial charge in [0.15, 0.2) is 0 Å². The van der Waals surface area contributed by atoms with Gasteiger partial charge in [-0.15, -0.1) is 11.8 Å². The number of nitrogens with zero attached hydrogens (tertiary/aromatic N) is 2. The van der Waals surface area contributed by atoms with Crippen molar-refractivity contribution in [3.63, 3.8) is 0 Å². The lowest BCUT2D eigenvalue weighted by Crippen LogP contribution is -2.19. The van der Waals surface area contributed by atoms with Crippen LogP contribution < -0.4 is 11.1 Å². The maximum absolute atomic E-state index is 11.6. The summed E-state index contributed by atoms with van der Waals surface area (Å²) in [7, 11) is 0. The monoisotopic (exact) mass is 302 g/mol. The van der Waals surface area contributed by atoms with Crippen LogP contribution in [0.5, 0.6) is 0 Å². The van der Waals surface area contributed by atoms with Gasteiger partial charge in [-0.2, -0.15) is 0 Å². The van der Waals surface area contributed by atoms with Crippen molar-refractivity contribution in [3.8, 4) is 0 Å². The number of aromatic nitrogens is 2. The number of carbonyl (C=O) groups excluding carboxylic acids is 1. The van der Waals surface area contributed by atoms with Gasteiger partial charge in [-0.1, -0.05) is 30.3 Å². The average molecular weight is 302 g/mol. The highest BCUT2D eigenvalue weighted by Crippen LogP contribution is 2.28. The van der Waals surface area contributed by atoms with Crippen LogP contribution in [0, 0.1) is 0 Å². The number of nitrogens with two attached hydrogens (primary N) is 1. The van der Waals surface area contributed by atoms with Gasteiger partial charge in [-0.25, -0.2) is 9.97 Å². The van der Waals surface area contributed by atoms with Crippen LogP contribution in [0.4, 0.5) is 5.95 Å². The fourth-order valence-corrected chi connectivity index (χ4v) is 2.89. The van der Waals surface area contributed by atoms with Crippen molar-refractivity contribution >= 4 is 23.6 Å². The summed E-state index contributed by atoms with van der Waals surface area (Å²) in [5, 5.41) is 2.84. The van der Waals surface area contributed by atoms with Crippen LogP contribution in [-0.4, -0.2) is 28.2 Å². The van der Waals surface area contributed by atoms with Crippen molar-refractivity contribution in [1.29, 1.82) is 0 Å². The molecule has 0 fully saturated rings. The van der Waals surface area contributed by atoms with Gasteiger partial charge in [0.1, 0.15) is 5.25 Å². The van der Waals surface area contributed by atoms with Gasteiger partial charge in [0.25, 0.3) is 0 Å². The Hall–Kier alpha value is -2.08. The van der Waals surface area contributed by atoms with Gasteiger partial charge < -0.3 is 11.1 Å². The molecule has 5 nitrogen and oxygen atoms in total. The smallest absolute Gasteiger partial charge is 0.235 e. The van der Waals surface area contributed by atoms with Crippen molar-refractivity contribution in [1.82, 2.24) is 9.97 Å². The molecule has 0 aliphatic heterocycles. The van der Waals surface area contributed by atoms with E-state index in [1.54, 1.807) is 30.2 Å². The summed E-state index contributed by atoms with van der Waals surface area (Å²) in [5.41, 5.74) is 6.43. The first-order valence-electron chi connectivity index (χ1n) is 6.74. The van der Waals surface area contributed by atoms with Crippen LogP contribution in [0.15, 0.2) is 48.8 Å². The summed E-state index contributed by atoms with van der Waals surface area (Å²) in [6, 6.07) is 11.4. The standard InChI is InChI=1S/C15H18N4OS/c16-14(20)13(12-6-2-1-3-7-12)21-11-5-10-19-15-17-8-4-9-18-15/h1-4,6-9,13H,5,10-11H2,(H2,16,20)(H,17,18,19)/t13-/m1/s1. The molecule has 0 bridgehead atoms. The topological polar surface area (TPSA) is 80.9 Å². The molecule has 0 saturated carbocycles. The largest absolute Gasteiger partial charge is 0.368 e. The number of hydrogen-bond donors (Lipinski definition) is 2.